The van der Waals surface area contributed by atoms with Crippen LogP contribution in [0.5, 0.6) is 0 Å². The van der Waals surface area contributed by atoms with Crippen LogP contribution < -0.4 is 16.0 Å². The number of anilines is 1. The Morgan fingerprint density at radius 1 is 0.926 bits per heavy atom. The number of carbonyl (C=O) groups excluding carboxylic acids is 3. The van der Waals surface area contributed by atoms with Gasteiger partial charge >= 0.3 is 12.0 Å². The lowest BCUT2D eigenvalue weighted by Crippen LogP contribution is -2.32. The lowest BCUT2D eigenvalue weighted by Gasteiger charge is -2.09. The van der Waals surface area contributed by atoms with E-state index in [1.165, 1.54) is 0 Å². The maximum absolute atomic E-state index is 11.7. The van der Waals surface area contributed by atoms with Crippen molar-refractivity contribution in [3.8, 4) is 0 Å². The van der Waals surface area contributed by atoms with Crippen LogP contribution in [0.15, 0.2) is 54.6 Å². The number of amides is 3. The Balaban J connectivity index is 1.58. The Morgan fingerprint density at radius 2 is 1.63 bits per heavy atom. The van der Waals surface area contributed by atoms with Crippen LogP contribution in [0.1, 0.15) is 12.0 Å². The van der Waals surface area contributed by atoms with E-state index in [0.717, 1.165) is 5.56 Å². The third-order valence-corrected chi connectivity index (χ3v) is 3.81. The minimum absolute atomic E-state index is 0.0417. The number of nitrogens with one attached hydrogen (secondary N) is 3. The van der Waals surface area contributed by atoms with Crippen LogP contribution in [0.4, 0.5) is 10.5 Å². The monoisotopic (exact) mass is 389 g/mol. The zero-order chi connectivity index (χ0) is 19.5. The fourth-order valence-electron chi connectivity index (χ4n) is 2.08. The van der Waals surface area contributed by atoms with E-state index in [1.54, 1.807) is 42.5 Å². The van der Waals surface area contributed by atoms with E-state index < -0.39 is 17.9 Å². The minimum Gasteiger partial charge on any atom is -0.456 e. The highest BCUT2D eigenvalue weighted by Crippen LogP contribution is 2.14. The van der Waals surface area contributed by atoms with Crippen molar-refractivity contribution in [1.82, 2.24) is 10.6 Å². The van der Waals surface area contributed by atoms with Crippen molar-refractivity contribution in [3.05, 3.63) is 65.2 Å². The van der Waals surface area contributed by atoms with Gasteiger partial charge in [0.25, 0.3) is 5.91 Å². The highest BCUT2D eigenvalue weighted by molar-refractivity contribution is 6.31. The lowest BCUT2D eigenvalue weighted by molar-refractivity contribution is -0.148. The fourth-order valence-corrected chi connectivity index (χ4v) is 2.28. The molecule has 0 aromatic heterocycles. The predicted molar refractivity (Wildman–Crippen MR) is 102 cm³/mol. The molecular formula is C19H20ClN3O4. The molecule has 142 valence electrons. The Kier molecular flexibility index (Phi) is 8.12. The second-order valence-electron chi connectivity index (χ2n) is 5.53. The Bertz CT molecular complexity index is 784. The van der Waals surface area contributed by atoms with Crippen molar-refractivity contribution in [2.75, 3.05) is 18.5 Å². The number of ether oxygens (including phenoxy) is 1. The van der Waals surface area contributed by atoms with Gasteiger partial charge in [0.05, 0.1) is 6.42 Å². The predicted octanol–water partition coefficient (Wildman–Crippen LogP) is 2.71. The number of halogens is 1. The molecule has 0 aliphatic carbocycles. The summed E-state index contributed by atoms with van der Waals surface area (Å²) in [5, 5.41) is 8.33. The molecular weight excluding hydrogens is 370 g/mol. The molecule has 0 saturated carbocycles. The van der Waals surface area contributed by atoms with E-state index in [-0.39, 0.29) is 26.1 Å². The van der Waals surface area contributed by atoms with Gasteiger partial charge in [0.1, 0.15) is 0 Å². The molecule has 0 atom stereocenters. The van der Waals surface area contributed by atoms with Crippen LogP contribution in [0.2, 0.25) is 5.02 Å². The Hall–Kier alpha value is -3.06. The molecule has 0 fully saturated rings. The summed E-state index contributed by atoms with van der Waals surface area (Å²) in [5.41, 5.74) is 1.42. The molecule has 0 radical (unpaired) electrons. The molecule has 0 aliphatic rings. The molecule has 0 unspecified atom stereocenters. The van der Waals surface area contributed by atoms with E-state index in [4.69, 9.17) is 16.3 Å². The van der Waals surface area contributed by atoms with E-state index >= 15 is 0 Å². The molecule has 2 aromatic rings. The molecule has 0 aliphatic heterocycles. The third kappa shape index (κ3) is 7.79. The van der Waals surface area contributed by atoms with Crippen molar-refractivity contribution in [2.24, 2.45) is 0 Å². The van der Waals surface area contributed by atoms with Crippen LogP contribution in [0.3, 0.4) is 0 Å². The van der Waals surface area contributed by atoms with Crippen molar-refractivity contribution < 1.29 is 19.1 Å². The van der Waals surface area contributed by atoms with E-state index in [0.29, 0.717) is 10.7 Å². The molecule has 0 saturated heterocycles. The molecule has 2 aromatic carbocycles. The molecule has 3 amide bonds. The van der Waals surface area contributed by atoms with Gasteiger partial charge in [-0.25, -0.2) is 4.79 Å². The second-order valence-corrected chi connectivity index (χ2v) is 5.93. The highest BCUT2D eigenvalue weighted by atomic mass is 35.5. The summed E-state index contributed by atoms with van der Waals surface area (Å²) >= 11 is 5.99. The number of hydrogen-bond acceptors (Lipinski definition) is 4. The van der Waals surface area contributed by atoms with Crippen LogP contribution >= 0.6 is 11.6 Å². The molecule has 0 spiro atoms. The number of rotatable bonds is 8. The summed E-state index contributed by atoms with van der Waals surface area (Å²) in [6.07, 6.45) is -0.0417. The van der Waals surface area contributed by atoms with Crippen molar-refractivity contribution in [2.45, 2.75) is 13.0 Å². The molecule has 0 heterocycles. The number of hydrogen-bond donors (Lipinski definition) is 3. The van der Waals surface area contributed by atoms with Crippen LogP contribution in [-0.2, 0) is 20.9 Å². The summed E-state index contributed by atoms with van der Waals surface area (Å²) in [4.78, 5) is 35.0. The highest BCUT2D eigenvalue weighted by Gasteiger charge is 2.09. The topological polar surface area (TPSA) is 96.5 Å². The zero-order valence-electron chi connectivity index (χ0n) is 14.5. The second kappa shape index (κ2) is 10.8. The maximum Gasteiger partial charge on any atom is 0.319 e. The summed E-state index contributed by atoms with van der Waals surface area (Å²) < 4.78 is 4.87. The SMILES string of the molecule is O=C(COC(=O)CCNC(=O)Nc1ccccc1)NCc1ccccc1Cl. The third-order valence-electron chi connectivity index (χ3n) is 3.44. The van der Waals surface area contributed by atoms with Gasteiger partial charge in [0.2, 0.25) is 0 Å². The summed E-state index contributed by atoms with van der Waals surface area (Å²) in [6.45, 7) is -0.0461. The van der Waals surface area contributed by atoms with Gasteiger partial charge in [-0.15, -0.1) is 0 Å². The molecule has 7 nitrogen and oxygen atoms in total. The van der Waals surface area contributed by atoms with E-state index in [9.17, 15) is 14.4 Å². The van der Waals surface area contributed by atoms with Gasteiger partial charge in [-0.2, -0.15) is 0 Å². The van der Waals surface area contributed by atoms with Crippen LogP contribution in [0.25, 0.3) is 0 Å². The standard InChI is InChI=1S/C19H20ClN3O4/c20-16-9-5-4-6-14(16)12-22-17(24)13-27-18(25)10-11-21-19(26)23-15-7-2-1-3-8-15/h1-9H,10-13H2,(H,22,24)(H2,21,23,26). The zero-order valence-corrected chi connectivity index (χ0v) is 15.3. The van der Waals surface area contributed by atoms with Gasteiger partial charge in [-0.1, -0.05) is 48.0 Å². The van der Waals surface area contributed by atoms with Crippen molar-refractivity contribution in [3.63, 3.8) is 0 Å². The van der Waals surface area contributed by atoms with E-state index in [1.807, 2.05) is 12.1 Å². The largest absolute Gasteiger partial charge is 0.456 e. The van der Waals surface area contributed by atoms with Gasteiger partial charge in [-0.3, -0.25) is 9.59 Å². The summed E-state index contributed by atoms with van der Waals surface area (Å²) in [5.74, 6) is -1.01. The Labute approximate surface area is 162 Å². The van der Waals surface area contributed by atoms with Crippen molar-refractivity contribution in [1.29, 1.82) is 0 Å². The fraction of sp³-hybridized carbons (Fsp3) is 0.211. The van der Waals surface area contributed by atoms with Crippen molar-refractivity contribution >= 4 is 35.2 Å². The number of para-hydroxylation sites is 1. The van der Waals surface area contributed by atoms with Gasteiger partial charge in [0, 0.05) is 23.8 Å². The number of benzene rings is 2. The first kappa shape index (κ1) is 20.3. The Morgan fingerprint density at radius 3 is 2.37 bits per heavy atom. The van der Waals surface area contributed by atoms with Gasteiger partial charge in [-0.05, 0) is 23.8 Å². The minimum atomic E-state index is -0.581. The first-order valence-electron chi connectivity index (χ1n) is 8.30. The molecule has 3 N–H and O–H groups in total. The van der Waals surface area contributed by atoms with Crippen LogP contribution in [0, 0.1) is 0 Å². The average molecular weight is 390 g/mol. The quantitative estimate of drug-likeness (QED) is 0.605. The summed E-state index contributed by atoms with van der Waals surface area (Å²) in [6, 6.07) is 15.6. The normalized spacial score (nSPS) is 9.96. The number of urea groups is 1. The number of esters is 1. The molecule has 0 bridgehead atoms. The van der Waals surface area contributed by atoms with Gasteiger partial charge < -0.3 is 20.7 Å². The lowest BCUT2D eigenvalue weighted by atomic mass is 10.2. The molecule has 8 heteroatoms. The summed E-state index contributed by atoms with van der Waals surface area (Å²) in [7, 11) is 0. The number of carbonyl (C=O) groups is 3. The molecule has 27 heavy (non-hydrogen) atoms. The smallest absolute Gasteiger partial charge is 0.319 e. The maximum atomic E-state index is 11.7. The van der Waals surface area contributed by atoms with Gasteiger partial charge in [0.15, 0.2) is 6.61 Å². The average Bonchev–Trinajstić information content (AvgIpc) is 2.66. The first-order chi connectivity index (χ1) is 13.0. The van der Waals surface area contributed by atoms with Crippen LogP contribution in [-0.4, -0.2) is 31.1 Å². The first-order valence-corrected chi connectivity index (χ1v) is 8.68. The molecule has 2 rings (SSSR count). The van der Waals surface area contributed by atoms with E-state index in [2.05, 4.69) is 16.0 Å².